The van der Waals surface area contributed by atoms with E-state index in [0.29, 0.717) is 11.4 Å². The summed E-state index contributed by atoms with van der Waals surface area (Å²) in [4.78, 5) is 11.8. The zero-order chi connectivity index (χ0) is 10.7. The fraction of sp³-hybridized carbons (Fsp3) is 1.00. The highest BCUT2D eigenvalue weighted by Crippen LogP contribution is 2.16. The number of hydrogen-bond donors (Lipinski definition) is 3. The molecule has 3 N–H and O–H groups in total. The van der Waals surface area contributed by atoms with Crippen LogP contribution in [0.1, 0.15) is 13.3 Å². The molecule has 7 nitrogen and oxygen atoms in total. The molecular formula is C7H16N3O4+. The molecule has 0 aromatic carbocycles. The van der Waals surface area contributed by atoms with Crippen molar-refractivity contribution in [1.82, 2.24) is 10.0 Å². The van der Waals surface area contributed by atoms with Crippen molar-refractivity contribution in [2.24, 2.45) is 0 Å². The Bertz CT molecular complexity index is 213. The van der Waals surface area contributed by atoms with Gasteiger partial charge in [-0.1, -0.05) is 16.9 Å². The molecule has 1 fully saturated rings. The minimum absolute atomic E-state index is 0.0784. The monoisotopic (exact) mass is 206 g/mol. The molecule has 1 heterocycles. The number of aliphatic hydroxyl groups excluding tert-OH is 3. The van der Waals surface area contributed by atoms with Gasteiger partial charge in [0.15, 0.2) is 13.5 Å². The van der Waals surface area contributed by atoms with Crippen molar-refractivity contribution >= 4 is 0 Å². The van der Waals surface area contributed by atoms with Crippen LogP contribution in [0.5, 0.6) is 0 Å². The van der Waals surface area contributed by atoms with Gasteiger partial charge < -0.3 is 15.3 Å². The van der Waals surface area contributed by atoms with E-state index in [1.807, 2.05) is 6.92 Å². The Morgan fingerprint density at radius 3 is 2.50 bits per heavy atom. The van der Waals surface area contributed by atoms with Crippen molar-refractivity contribution < 1.29 is 20.3 Å². The summed E-state index contributed by atoms with van der Waals surface area (Å²) in [5.41, 5.74) is 0. The molecule has 1 saturated heterocycles. The first kappa shape index (κ1) is 11.2. The highest BCUT2D eigenvalue weighted by atomic mass is 16.4. The molecule has 1 aliphatic heterocycles. The Hall–Kier alpha value is -0.920. The van der Waals surface area contributed by atoms with E-state index in [4.69, 9.17) is 10.2 Å². The van der Waals surface area contributed by atoms with Crippen LogP contribution in [-0.2, 0) is 0 Å². The summed E-state index contributed by atoms with van der Waals surface area (Å²) in [5, 5.41) is 29.5. The Kier molecular flexibility index (Phi) is 3.62. The van der Waals surface area contributed by atoms with Crippen molar-refractivity contribution in [3.8, 4) is 0 Å². The van der Waals surface area contributed by atoms with E-state index in [2.05, 4.69) is 0 Å². The van der Waals surface area contributed by atoms with Crippen LogP contribution in [0.25, 0.3) is 0 Å². The largest absolute Gasteiger partial charge is 0.389 e. The van der Waals surface area contributed by atoms with E-state index < -0.39 is 25.6 Å². The zero-order valence-electron chi connectivity index (χ0n) is 8.07. The smallest absolute Gasteiger partial charge is 0.255 e. The molecule has 0 spiro atoms. The summed E-state index contributed by atoms with van der Waals surface area (Å²) in [6.07, 6.45) is -0.191. The molecule has 2 atom stereocenters. The number of rotatable bonds is 3. The molecule has 1 rings (SSSR count). The van der Waals surface area contributed by atoms with Gasteiger partial charge in [-0.2, -0.15) is 0 Å². The summed E-state index contributed by atoms with van der Waals surface area (Å²) < 4.78 is 0. The molecule has 14 heavy (non-hydrogen) atoms. The Balaban J connectivity index is 2.79. The van der Waals surface area contributed by atoms with Crippen molar-refractivity contribution in [1.29, 1.82) is 0 Å². The second-order valence-electron chi connectivity index (χ2n) is 3.21. The summed E-state index contributed by atoms with van der Waals surface area (Å²) in [6, 6.07) is -0.403. The highest BCUT2D eigenvalue weighted by molar-refractivity contribution is 4.75. The maximum Gasteiger partial charge on any atom is 0.255 e. The second kappa shape index (κ2) is 4.54. The van der Waals surface area contributed by atoms with Crippen LogP contribution in [0, 0.1) is 4.91 Å². The number of nitrogens with zero attached hydrogens (tertiary/aromatic N) is 3. The number of nitroso groups, excluding NO2 is 1. The minimum atomic E-state index is -0.746. The van der Waals surface area contributed by atoms with Crippen LogP contribution in [0.2, 0.25) is 0 Å². The Morgan fingerprint density at radius 2 is 2.07 bits per heavy atom. The van der Waals surface area contributed by atoms with E-state index >= 15 is 0 Å². The van der Waals surface area contributed by atoms with E-state index in [0.717, 1.165) is 10.0 Å². The lowest BCUT2D eigenvalue weighted by Gasteiger charge is -2.33. The first-order valence-electron chi connectivity index (χ1n) is 4.54. The Morgan fingerprint density at radius 1 is 1.43 bits per heavy atom. The third-order valence-corrected chi connectivity index (χ3v) is 2.41. The van der Waals surface area contributed by atoms with E-state index in [9.17, 15) is 10.0 Å². The molecule has 1 aliphatic rings. The highest BCUT2D eigenvalue weighted by Gasteiger charge is 2.44. The minimum Gasteiger partial charge on any atom is -0.389 e. The number of aliphatic hydroxyl groups is 3. The Labute approximate surface area is 81.7 Å². The summed E-state index contributed by atoms with van der Waals surface area (Å²) in [5.74, 6) is 0. The zero-order valence-corrected chi connectivity index (χ0v) is 8.07. The van der Waals surface area contributed by atoms with Crippen molar-refractivity contribution in [3.05, 3.63) is 4.91 Å². The standard InChI is InChI=1S/C7H16N3O4/c1-2-6-7(13)3-8(4-11)10(14)9(6)5-12/h6-7,11-13H,2-5H2,1H3/q+1. The van der Waals surface area contributed by atoms with Gasteiger partial charge in [-0.3, -0.25) is 0 Å². The van der Waals surface area contributed by atoms with Gasteiger partial charge in [0.05, 0.1) is 4.91 Å². The van der Waals surface area contributed by atoms with E-state index in [1.54, 1.807) is 0 Å². The first-order valence-corrected chi connectivity index (χ1v) is 4.54. The SMILES string of the molecule is CCC1C(O)CN(CO)[N+](=O)N1CO. The van der Waals surface area contributed by atoms with Gasteiger partial charge in [0.2, 0.25) is 0 Å². The molecule has 0 saturated carbocycles. The van der Waals surface area contributed by atoms with Crippen molar-refractivity contribution in [2.45, 2.75) is 25.5 Å². The van der Waals surface area contributed by atoms with Gasteiger partial charge in [-0.15, -0.1) is 0 Å². The van der Waals surface area contributed by atoms with E-state index in [-0.39, 0.29) is 6.54 Å². The summed E-state index contributed by atoms with van der Waals surface area (Å²) in [7, 11) is 0. The van der Waals surface area contributed by atoms with Crippen molar-refractivity contribution in [3.63, 3.8) is 0 Å². The molecule has 0 aromatic heterocycles. The molecule has 0 aliphatic carbocycles. The van der Waals surface area contributed by atoms with Crippen LogP contribution in [0.3, 0.4) is 0 Å². The van der Waals surface area contributed by atoms with Gasteiger partial charge in [0.1, 0.15) is 18.7 Å². The lowest BCUT2D eigenvalue weighted by molar-refractivity contribution is -0.856. The normalized spacial score (nSPS) is 28.4. The number of β-amino-alcohol motifs (C(OH)–C–C–N with tert-alkyl or cyclic N) is 1. The maximum atomic E-state index is 11.4. The predicted molar refractivity (Wildman–Crippen MR) is 46.4 cm³/mol. The molecule has 0 radical (unpaired) electrons. The van der Waals surface area contributed by atoms with Gasteiger partial charge in [0.25, 0.3) is 4.98 Å². The average molecular weight is 206 g/mol. The van der Waals surface area contributed by atoms with Crippen LogP contribution >= 0.6 is 0 Å². The molecule has 82 valence electrons. The van der Waals surface area contributed by atoms with Crippen LogP contribution < -0.4 is 0 Å². The van der Waals surface area contributed by atoms with Gasteiger partial charge in [-0.25, -0.2) is 0 Å². The maximum absolute atomic E-state index is 11.4. The number of hydrogen-bond acceptors (Lipinski definition) is 4. The summed E-state index contributed by atoms with van der Waals surface area (Å²) >= 11 is 0. The van der Waals surface area contributed by atoms with E-state index in [1.165, 1.54) is 0 Å². The third-order valence-electron chi connectivity index (χ3n) is 2.41. The average Bonchev–Trinajstić information content (AvgIpc) is 2.20. The molecular weight excluding hydrogens is 190 g/mol. The molecule has 7 heteroatoms. The van der Waals surface area contributed by atoms with Gasteiger partial charge in [-0.05, 0) is 6.42 Å². The van der Waals surface area contributed by atoms with Gasteiger partial charge in [0, 0.05) is 0 Å². The lowest BCUT2D eigenvalue weighted by Crippen LogP contribution is -2.62. The molecule has 0 amide bonds. The predicted octanol–water partition coefficient (Wildman–Crippen LogP) is -1.75. The first-order chi connectivity index (χ1) is 6.65. The molecule has 2 unspecified atom stereocenters. The molecule has 0 aromatic rings. The topological polar surface area (TPSA) is 87.2 Å². The van der Waals surface area contributed by atoms with Crippen LogP contribution in [-0.4, -0.2) is 62.5 Å². The summed E-state index contributed by atoms with van der Waals surface area (Å²) in [6.45, 7) is 0.942. The van der Waals surface area contributed by atoms with Crippen molar-refractivity contribution in [2.75, 3.05) is 20.0 Å². The molecule has 0 bridgehead atoms. The lowest BCUT2D eigenvalue weighted by atomic mass is 10.1. The van der Waals surface area contributed by atoms with Gasteiger partial charge >= 0.3 is 0 Å². The second-order valence-corrected chi connectivity index (χ2v) is 3.21. The number of hydrazine groups is 2. The quantitative estimate of drug-likeness (QED) is 0.475. The fourth-order valence-corrected chi connectivity index (χ4v) is 1.65. The van der Waals surface area contributed by atoms with Crippen LogP contribution in [0.15, 0.2) is 0 Å². The van der Waals surface area contributed by atoms with Crippen LogP contribution in [0.4, 0.5) is 0 Å². The third kappa shape index (κ3) is 1.79. The fourth-order valence-electron chi connectivity index (χ4n) is 1.65.